The molecule has 0 aliphatic carbocycles. The standard InChI is InChI=1S/C17H27N3O2/c1-3-19(4-2)14-7-5-8-15(11-14)22-16-9-6-10-20(13-16)17(21)12-18/h5,7-8,11,16H,3-4,6,9-10,12-13,18H2,1-2H3. The third-order valence-corrected chi connectivity index (χ3v) is 4.15. The molecule has 2 rings (SSSR count). The molecule has 1 saturated heterocycles. The van der Waals surface area contributed by atoms with Crippen LogP contribution >= 0.6 is 0 Å². The molecule has 0 saturated carbocycles. The molecule has 5 heteroatoms. The summed E-state index contributed by atoms with van der Waals surface area (Å²) >= 11 is 0. The molecular formula is C17H27N3O2. The second kappa shape index (κ2) is 8.03. The summed E-state index contributed by atoms with van der Waals surface area (Å²) in [5.74, 6) is 0.877. The highest BCUT2D eigenvalue weighted by atomic mass is 16.5. The molecule has 1 amide bonds. The minimum absolute atomic E-state index is 0.00481. The van der Waals surface area contributed by atoms with E-state index in [9.17, 15) is 4.79 Å². The van der Waals surface area contributed by atoms with Gasteiger partial charge < -0.3 is 20.3 Å². The summed E-state index contributed by atoms with van der Waals surface area (Å²) in [5.41, 5.74) is 6.62. The van der Waals surface area contributed by atoms with Crippen molar-refractivity contribution in [2.24, 2.45) is 5.73 Å². The molecule has 1 unspecified atom stereocenters. The van der Waals surface area contributed by atoms with Gasteiger partial charge in [0.25, 0.3) is 0 Å². The number of hydrogen-bond donors (Lipinski definition) is 1. The molecule has 122 valence electrons. The maximum Gasteiger partial charge on any atom is 0.236 e. The van der Waals surface area contributed by atoms with E-state index in [4.69, 9.17) is 10.5 Å². The Hall–Kier alpha value is -1.75. The Morgan fingerprint density at radius 2 is 2.18 bits per heavy atom. The predicted octanol–water partition coefficient (Wildman–Crippen LogP) is 1.86. The number of hydrogen-bond acceptors (Lipinski definition) is 4. The molecule has 22 heavy (non-hydrogen) atoms. The molecule has 1 aromatic rings. The summed E-state index contributed by atoms with van der Waals surface area (Å²) in [7, 11) is 0. The van der Waals surface area contributed by atoms with Crippen molar-refractivity contribution in [3.05, 3.63) is 24.3 Å². The van der Waals surface area contributed by atoms with E-state index < -0.39 is 0 Å². The van der Waals surface area contributed by atoms with E-state index in [1.165, 1.54) is 5.69 Å². The Labute approximate surface area is 133 Å². The number of anilines is 1. The van der Waals surface area contributed by atoms with Crippen molar-refractivity contribution in [3.8, 4) is 5.75 Å². The van der Waals surface area contributed by atoms with E-state index >= 15 is 0 Å². The van der Waals surface area contributed by atoms with E-state index in [0.717, 1.165) is 38.2 Å². The number of benzene rings is 1. The first-order valence-electron chi connectivity index (χ1n) is 8.17. The Morgan fingerprint density at radius 1 is 1.41 bits per heavy atom. The molecule has 1 aliphatic rings. The van der Waals surface area contributed by atoms with Crippen LogP contribution in [0, 0.1) is 0 Å². The quantitative estimate of drug-likeness (QED) is 0.871. The predicted molar refractivity (Wildman–Crippen MR) is 89.3 cm³/mol. The van der Waals surface area contributed by atoms with Crippen LogP contribution in [-0.4, -0.2) is 49.6 Å². The summed E-state index contributed by atoms with van der Waals surface area (Å²) in [5, 5.41) is 0. The molecule has 1 aromatic carbocycles. The van der Waals surface area contributed by atoms with Gasteiger partial charge in [-0.05, 0) is 38.8 Å². The summed E-state index contributed by atoms with van der Waals surface area (Å²) in [6, 6.07) is 8.19. The van der Waals surface area contributed by atoms with Gasteiger partial charge in [0, 0.05) is 31.4 Å². The second-order valence-corrected chi connectivity index (χ2v) is 5.60. The number of carbonyl (C=O) groups excluding carboxylic acids is 1. The molecule has 1 atom stereocenters. The van der Waals surface area contributed by atoms with Gasteiger partial charge in [-0.2, -0.15) is 0 Å². The number of ether oxygens (including phenoxy) is 1. The number of nitrogens with two attached hydrogens (primary N) is 1. The molecule has 0 aromatic heterocycles. The first-order valence-corrected chi connectivity index (χ1v) is 8.17. The van der Waals surface area contributed by atoms with Crippen molar-refractivity contribution in [2.75, 3.05) is 37.6 Å². The molecular weight excluding hydrogens is 278 g/mol. The van der Waals surface area contributed by atoms with E-state index in [-0.39, 0.29) is 18.6 Å². The van der Waals surface area contributed by atoms with E-state index in [0.29, 0.717) is 6.54 Å². The van der Waals surface area contributed by atoms with Crippen LogP contribution in [-0.2, 0) is 4.79 Å². The van der Waals surface area contributed by atoms with Crippen LogP contribution in [0.2, 0.25) is 0 Å². The Bertz CT molecular complexity index is 489. The van der Waals surface area contributed by atoms with Crippen LogP contribution in [0.1, 0.15) is 26.7 Å². The van der Waals surface area contributed by atoms with Gasteiger partial charge in [0.05, 0.1) is 13.1 Å². The molecule has 1 aliphatic heterocycles. The fourth-order valence-corrected chi connectivity index (χ4v) is 2.92. The zero-order chi connectivity index (χ0) is 15.9. The fraction of sp³-hybridized carbons (Fsp3) is 0.588. The van der Waals surface area contributed by atoms with Crippen LogP contribution in [0.4, 0.5) is 5.69 Å². The lowest BCUT2D eigenvalue weighted by molar-refractivity contribution is -0.132. The largest absolute Gasteiger partial charge is 0.489 e. The monoisotopic (exact) mass is 305 g/mol. The van der Waals surface area contributed by atoms with Crippen molar-refractivity contribution < 1.29 is 9.53 Å². The number of amides is 1. The van der Waals surface area contributed by atoms with Gasteiger partial charge in [-0.1, -0.05) is 6.07 Å². The van der Waals surface area contributed by atoms with E-state index in [1.54, 1.807) is 0 Å². The van der Waals surface area contributed by atoms with Crippen LogP contribution in [0.15, 0.2) is 24.3 Å². The number of rotatable bonds is 6. The van der Waals surface area contributed by atoms with Gasteiger partial charge in [-0.15, -0.1) is 0 Å². The van der Waals surface area contributed by atoms with Gasteiger partial charge in [0.2, 0.25) is 5.91 Å². The van der Waals surface area contributed by atoms with Gasteiger partial charge in [-0.25, -0.2) is 0 Å². The highest BCUT2D eigenvalue weighted by molar-refractivity contribution is 5.78. The van der Waals surface area contributed by atoms with Gasteiger partial charge in [-0.3, -0.25) is 4.79 Å². The van der Waals surface area contributed by atoms with Crippen molar-refractivity contribution >= 4 is 11.6 Å². The Balaban J connectivity index is 2.01. The molecule has 0 radical (unpaired) electrons. The first-order chi connectivity index (χ1) is 10.7. The molecule has 1 fully saturated rings. The van der Waals surface area contributed by atoms with Crippen molar-refractivity contribution in [3.63, 3.8) is 0 Å². The molecule has 1 heterocycles. The zero-order valence-corrected chi connectivity index (χ0v) is 13.6. The van der Waals surface area contributed by atoms with Gasteiger partial charge in [0.15, 0.2) is 0 Å². The maximum atomic E-state index is 11.7. The normalized spacial score (nSPS) is 18.1. The van der Waals surface area contributed by atoms with Gasteiger partial charge in [0.1, 0.15) is 11.9 Å². The lowest BCUT2D eigenvalue weighted by Gasteiger charge is -2.33. The summed E-state index contributed by atoms with van der Waals surface area (Å²) in [6.07, 6.45) is 1.99. The highest BCUT2D eigenvalue weighted by Gasteiger charge is 2.24. The molecule has 0 spiro atoms. The molecule has 0 bridgehead atoms. The number of nitrogens with zero attached hydrogens (tertiary/aromatic N) is 2. The Kier molecular flexibility index (Phi) is 6.07. The molecule has 5 nitrogen and oxygen atoms in total. The summed E-state index contributed by atoms with van der Waals surface area (Å²) < 4.78 is 6.10. The lowest BCUT2D eigenvalue weighted by atomic mass is 10.1. The lowest BCUT2D eigenvalue weighted by Crippen LogP contribution is -2.46. The average molecular weight is 305 g/mol. The van der Waals surface area contributed by atoms with Crippen molar-refractivity contribution in [2.45, 2.75) is 32.8 Å². The third kappa shape index (κ3) is 4.13. The first kappa shape index (κ1) is 16.6. The van der Waals surface area contributed by atoms with E-state index in [1.807, 2.05) is 17.0 Å². The maximum absolute atomic E-state index is 11.7. The van der Waals surface area contributed by atoms with Crippen molar-refractivity contribution in [1.29, 1.82) is 0 Å². The van der Waals surface area contributed by atoms with Crippen LogP contribution in [0.3, 0.4) is 0 Å². The average Bonchev–Trinajstić information content (AvgIpc) is 2.56. The minimum Gasteiger partial charge on any atom is -0.489 e. The smallest absolute Gasteiger partial charge is 0.236 e. The topological polar surface area (TPSA) is 58.8 Å². The van der Waals surface area contributed by atoms with Crippen LogP contribution < -0.4 is 15.4 Å². The number of likely N-dealkylation sites (tertiary alicyclic amines) is 1. The molecule has 2 N–H and O–H groups in total. The second-order valence-electron chi connectivity index (χ2n) is 5.60. The van der Waals surface area contributed by atoms with E-state index in [2.05, 4.69) is 30.9 Å². The van der Waals surface area contributed by atoms with Crippen LogP contribution in [0.5, 0.6) is 5.75 Å². The fourth-order valence-electron chi connectivity index (χ4n) is 2.92. The summed E-state index contributed by atoms with van der Waals surface area (Å²) in [6.45, 7) is 7.73. The number of carbonyl (C=O) groups is 1. The SMILES string of the molecule is CCN(CC)c1cccc(OC2CCCN(C(=O)CN)C2)c1. The third-order valence-electron chi connectivity index (χ3n) is 4.15. The summed E-state index contributed by atoms with van der Waals surface area (Å²) in [4.78, 5) is 15.8. The van der Waals surface area contributed by atoms with Crippen LogP contribution in [0.25, 0.3) is 0 Å². The highest BCUT2D eigenvalue weighted by Crippen LogP contribution is 2.24. The van der Waals surface area contributed by atoms with Crippen molar-refractivity contribution in [1.82, 2.24) is 4.90 Å². The zero-order valence-electron chi connectivity index (χ0n) is 13.6. The van der Waals surface area contributed by atoms with Gasteiger partial charge >= 0.3 is 0 Å². The number of piperidine rings is 1. The minimum atomic E-state index is 0.00481. The Morgan fingerprint density at radius 3 is 2.86 bits per heavy atom.